The van der Waals surface area contributed by atoms with Gasteiger partial charge in [0.2, 0.25) is 19.9 Å². The average Bonchev–Trinajstić information content (AvgIpc) is 2.88. The predicted molar refractivity (Wildman–Crippen MR) is 143 cm³/mol. The van der Waals surface area contributed by atoms with Gasteiger partial charge in [0.1, 0.15) is 12.7 Å². The molecule has 19 nitrogen and oxygen atoms in total. The molecule has 1 rings (SSSR count). The van der Waals surface area contributed by atoms with E-state index in [0.29, 0.717) is 0 Å². The van der Waals surface area contributed by atoms with Crippen LogP contribution < -0.4 is 0 Å². The molecule has 0 aromatic rings. The topological polar surface area (TPSA) is 230 Å². The maximum Gasteiger partial charge on any atom is 0.510 e. The van der Waals surface area contributed by atoms with E-state index in [0.717, 1.165) is 27.7 Å². The fourth-order valence-electron chi connectivity index (χ4n) is 3.43. The zero-order valence-electron chi connectivity index (χ0n) is 26.3. The first-order valence-electron chi connectivity index (χ1n) is 13.5. The van der Waals surface area contributed by atoms with E-state index < -0.39 is 113 Å². The number of phosphoric acid groups is 1. The molecular formula is C25H38FO19P. The van der Waals surface area contributed by atoms with E-state index in [1.165, 1.54) is 27.7 Å². The van der Waals surface area contributed by atoms with Gasteiger partial charge in [-0.2, -0.15) is 0 Å². The zero-order valence-corrected chi connectivity index (χ0v) is 27.2. The molecule has 0 saturated carbocycles. The Balaban J connectivity index is 3.52. The van der Waals surface area contributed by atoms with E-state index in [1.54, 1.807) is 0 Å². The van der Waals surface area contributed by atoms with Gasteiger partial charge in [0.05, 0.1) is 12.2 Å². The van der Waals surface area contributed by atoms with Gasteiger partial charge in [0, 0.05) is 27.7 Å². The molecule has 1 aliphatic heterocycles. The van der Waals surface area contributed by atoms with Gasteiger partial charge in [-0.05, 0) is 27.7 Å². The summed E-state index contributed by atoms with van der Waals surface area (Å²) >= 11 is 0. The Hall–Kier alpha value is -3.58. The molecule has 1 heterocycles. The number of ether oxygens (including phenoxy) is 9. The molecular weight excluding hydrogens is 654 g/mol. The molecule has 0 aliphatic carbocycles. The van der Waals surface area contributed by atoms with Crippen molar-refractivity contribution in [2.75, 3.05) is 20.2 Å². The normalized spacial score (nSPS) is 21.8. The molecule has 0 bridgehead atoms. The smallest absolute Gasteiger partial charge is 0.463 e. The number of rotatable bonds is 16. The van der Waals surface area contributed by atoms with Gasteiger partial charge in [-0.15, -0.1) is 0 Å². The number of halogens is 1. The van der Waals surface area contributed by atoms with Crippen molar-refractivity contribution in [3.05, 3.63) is 0 Å². The van der Waals surface area contributed by atoms with Gasteiger partial charge in [-0.25, -0.2) is 27.6 Å². The zero-order chi connectivity index (χ0) is 35.2. The van der Waals surface area contributed by atoms with E-state index in [9.17, 15) is 33.3 Å². The average molecular weight is 693 g/mol. The Labute approximate surface area is 263 Å². The van der Waals surface area contributed by atoms with Crippen molar-refractivity contribution in [3.8, 4) is 0 Å². The molecule has 264 valence electrons. The number of esters is 4. The summed E-state index contributed by atoms with van der Waals surface area (Å²) in [5.74, 6) is -4.03. The van der Waals surface area contributed by atoms with Crippen molar-refractivity contribution in [1.29, 1.82) is 0 Å². The molecule has 46 heavy (non-hydrogen) atoms. The van der Waals surface area contributed by atoms with Crippen LogP contribution in [-0.2, 0) is 79.9 Å². The summed E-state index contributed by atoms with van der Waals surface area (Å²) in [4.78, 5) is 70.9. The second-order valence-corrected chi connectivity index (χ2v) is 11.3. The minimum atomic E-state index is -5.18. The van der Waals surface area contributed by atoms with Crippen LogP contribution in [0.25, 0.3) is 0 Å². The highest BCUT2D eigenvalue weighted by atomic mass is 31.2. The Morgan fingerprint density at radius 2 is 1.11 bits per heavy atom. The minimum absolute atomic E-state index is 0.617. The Bertz CT molecular complexity index is 1080. The number of phosphoric ester groups is 1. The van der Waals surface area contributed by atoms with Gasteiger partial charge in [-0.1, -0.05) is 0 Å². The third kappa shape index (κ3) is 15.1. The first-order chi connectivity index (χ1) is 21.3. The largest absolute Gasteiger partial charge is 0.510 e. The van der Waals surface area contributed by atoms with Crippen LogP contribution in [0, 0.1) is 0 Å². The molecule has 21 heteroatoms. The summed E-state index contributed by atoms with van der Waals surface area (Å²) in [5.41, 5.74) is 0. The fraction of sp³-hybridized carbons (Fsp3) is 0.760. The van der Waals surface area contributed by atoms with E-state index >= 15 is 4.39 Å². The quantitative estimate of drug-likeness (QED) is 0.0979. The maximum absolute atomic E-state index is 15.5. The highest BCUT2D eigenvalue weighted by Crippen LogP contribution is 2.52. The van der Waals surface area contributed by atoms with E-state index in [2.05, 4.69) is 14.2 Å². The van der Waals surface area contributed by atoms with Crippen LogP contribution in [0.3, 0.4) is 0 Å². The van der Waals surface area contributed by atoms with Crippen LogP contribution in [0.5, 0.6) is 0 Å². The third-order valence-corrected chi connectivity index (χ3v) is 6.22. The van der Waals surface area contributed by atoms with Crippen molar-refractivity contribution in [1.82, 2.24) is 0 Å². The Morgan fingerprint density at radius 1 is 0.674 bits per heavy atom. The third-order valence-electron chi connectivity index (χ3n) is 4.91. The van der Waals surface area contributed by atoms with Gasteiger partial charge in [0.25, 0.3) is 0 Å². The molecule has 0 amide bonds. The van der Waals surface area contributed by atoms with Crippen LogP contribution in [0.1, 0.15) is 55.4 Å². The number of hydrogen-bond donors (Lipinski definition) is 0. The molecule has 1 saturated heterocycles. The van der Waals surface area contributed by atoms with Crippen molar-refractivity contribution >= 4 is 44.0 Å². The second-order valence-electron chi connectivity index (χ2n) is 9.68. The van der Waals surface area contributed by atoms with Gasteiger partial charge >= 0.3 is 44.0 Å². The lowest BCUT2D eigenvalue weighted by Crippen LogP contribution is -2.64. The van der Waals surface area contributed by atoms with Crippen LogP contribution in [0.2, 0.25) is 0 Å². The lowest BCUT2D eigenvalue weighted by molar-refractivity contribution is -0.297. The Kier molecular flexibility index (Phi) is 16.9. The van der Waals surface area contributed by atoms with Crippen LogP contribution >= 0.6 is 7.82 Å². The monoisotopic (exact) mass is 692 g/mol. The second kappa shape index (κ2) is 19.2. The van der Waals surface area contributed by atoms with Crippen molar-refractivity contribution in [2.24, 2.45) is 0 Å². The number of carbonyl (C=O) groups is 6. The first-order valence-corrected chi connectivity index (χ1v) is 15.0. The summed E-state index contributed by atoms with van der Waals surface area (Å²) in [6.45, 7) is 6.41. The Morgan fingerprint density at radius 3 is 1.52 bits per heavy atom. The predicted octanol–water partition coefficient (Wildman–Crippen LogP) is 2.60. The van der Waals surface area contributed by atoms with Crippen LogP contribution in [0.15, 0.2) is 0 Å². The van der Waals surface area contributed by atoms with Crippen molar-refractivity contribution in [2.45, 2.75) is 104 Å². The first kappa shape index (κ1) is 40.4. The van der Waals surface area contributed by atoms with Crippen molar-refractivity contribution < 1.29 is 93.9 Å². The van der Waals surface area contributed by atoms with E-state index in [-0.39, 0.29) is 0 Å². The summed E-state index contributed by atoms with van der Waals surface area (Å²) in [5, 5.41) is 0. The summed E-state index contributed by atoms with van der Waals surface area (Å²) in [7, 11) is -5.18. The van der Waals surface area contributed by atoms with Gasteiger partial charge in [-0.3, -0.25) is 23.7 Å². The minimum Gasteiger partial charge on any atom is -0.463 e. The lowest BCUT2D eigenvalue weighted by Gasteiger charge is -2.45. The molecule has 6 atom stereocenters. The lowest BCUT2D eigenvalue weighted by atomic mass is 9.95. The molecule has 0 spiro atoms. The summed E-state index contributed by atoms with van der Waals surface area (Å²) < 4.78 is 88.9. The van der Waals surface area contributed by atoms with Gasteiger partial charge in [0.15, 0.2) is 24.5 Å². The molecule has 1 aliphatic rings. The molecule has 0 aromatic carbocycles. The summed E-state index contributed by atoms with van der Waals surface area (Å²) in [6.07, 6.45) is -16.1. The van der Waals surface area contributed by atoms with Crippen molar-refractivity contribution in [3.63, 3.8) is 0 Å². The van der Waals surface area contributed by atoms with E-state index in [4.69, 9.17) is 42.0 Å². The molecule has 0 radical (unpaired) electrons. The molecule has 0 N–H and O–H groups in total. The number of hydrogen-bond acceptors (Lipinski definition) is 19. The maximum atomic E-state index is 15.5. The summed E-state index contributed by atoms with van der Waals surface area (Å²) in [6, 6.07) is 0. The number of alkyl halides is 1. The SMILES string of the molecule is CC(=O)OC[C@H](F)C1O[C@@H](OP(=O)(OCOC(=O)OC(C)C)OCOC(=O)OC(C)C)[C@H](OC(C)=O)C(OC(C)=O)[C@@H]1OC(C)=O. The molecule has 1 fully saturated rings. The van der Waals surface area contributed by atoms with Crippen LogP contribution in [-0.4, -0.2) is 105 Å². The van der Waals surface area contributed by atoms with E-state index in [1.807, 2.05) is 0 Å². The number of carbonyl (C=O) groups excluding carboxylic acids is 6. The molecule has 0 aromatic heterocycles. The molecule has 2 unspecified atom stereocenters. The highest BCUT2D eigenvalue weighted by Gasteiger charge is 2.57. The fourth-order valence-corrected chi connectivity index (χ4v) is 4.41. The standard InChI is InChI=1S/C25H38FO19P/c1-12(2)39-24(31)35-10-37-46(33,38-11-36-25(32)40-13(3)4)45-23-22(43-17(8)30)21(42-16(7)29)20(41-15(6)28)19(44-23)18(26)9-34-14(5)27/h12-13,18-23H,9-11H2,1-8H3/t18-,19?,20+,21?,22+,23-/m0/s1. The van der Waals surface area contributed by atoms with Gasteiger partial charge < -0.3 is 42.6 Å². The highest BCUT2D eigenvalue weighted by molar-refractivity contribution is 7.48. The van der Waals surface area contributed by atoms with Crippen LogP contribution in [0.4, 0.5) is 14.0 Å².